The van der Waals surface area contributed by atoms with E-state index >= 15 is 0 Å². The number of hydrogen-bond donors (Lipinski definition) is 0. The maximum Gasteiger partial charge on any atom is 0.293 e. The Morgan fingerprint density at radius 1 is 0.889 bits per heavy atom. The van der Waals surface area contributed by atoms with Gasteiger partial charge < -0.3 is 9.47 Å². The standard InChI is InChI=1S/C29H28FNO4S/c1-29(2,3)22-9-13-24(14-10-22)34-15-16-35-25-6-4-5-21(17-25)18-26-27(32)31(28(33)36-26)19-20-7-11-23(30)12-8-20/h4-14,17-18H,15-16,19H2,1-3H3/b26-18-. The lowest BCUT2D eigenvalue weighted by molar-refractivity contribution is -0.123. The fraction of sp³-hybridized carbons (Fsp3) is 0.241. The molecule has 0 unspecified atom stereocenters. The number of ether oxygens (including phenoxy) is 2. The summed E-state index contributed by atoms with van der Waals surface area (Å²) < 4.78 is 24.7. The average molecular weight is 506 g/mol. The Morgan fingerprint density at radius 2 is 1.56 bits per heavy atom. The number of amides is 2. The summed E-state index contributed by atoms with van der Waals surface area (Å²) in [5.74, 6) is 0.695. The third-order valence-electron chi connectivity index (χ3n) is 5.62. The average Bonchev–Trinajstić information content (AvgIpc) is 3.10. The van der Waals surface area contributed by atoms with Crippen molar-refractivity contribution < 1.29 is 23.5 Å². The molecule has 3 aromatic rings. The van der Waals surface area contributed by atoms with E-state index in [-0.39, 0.29) is 28.9 Å². The van der Waals surface area contributed by atoms with E-state index in [4.69, 9.17) is 9.47 Å². The zero-order valence-corrected chi connectivity index (χ0v) is 21.3. The van der Waals surface area contributed by atoms with Gasteiger partial charge >= 0.3 is 0 Å². The van der Waals surface area contributed by atoms with Crippen LogP contribution in [0.25, 0.3) is 6.08 Å². The van der Waals surface area contributed by atoms with Crippen LogP contribution in [0.15, 0.2) is 77.7 Å². The van der Waals surface area contributed by atoms with Crippen LogP contribution in [-0.4, -0.2) is 29.3 Å². The van der Waals surface area contributed by atoms with Gasteiger partial charge in [-0.3, -0.25) is 14.5 Å². The number of rotatable bonds is 8. The molecule has 4 rings (SSSR count). The zero-order valence-electron chi connectivity index (χ0n) is 20.5. The molecule has 0 atom stereocenters. The summed E-state index contributed by atoms with van der Waals surface area (Å²) in [6.45, 7) is 7.36. The highest BCUT2D eigenvalue weighted by Gasteiger charge is 2.35. The van der Waals surface area contributed by atoms with E-state index in [0.29, 0.717) is 29.4 Å². The Labute approximate surface area is 214 Å². The van der Waals surface area contributed by atoms with Gasteiger partial charge in [0.25, 0.3) is 11.1 Å². The molecule has 0 radical (unpaired) electrons. The molecule has 0 N–H and O–H groups in total. The van der Waals surface area contributed by atoms with Crippen molar-refractivity contribution in [2.24, 2.45) is 0 Å². The smallest absolute Gasteiger partial charge is 0.293 e. The maximum absolute atomic E-state index is 13.1. The van der Waals surface area contributed by atoms with Crippen LogP contribution in [0, 0.1) is 5.82 Å². The predicted molar refractivity (Wildman–Crippen MR) is 140 cm³/mol. The summed E-state index contributed by atoms with van der Waals surface area (Å²) in [7, 11) is 0. The Bertz CT molecular complexity index is 1260. The van der Waals surface area contributed by atoms with Crippen molar-refractivity contribution in [3.63, 3.8) is 0 Å². The van der Waals surface area contributed by atoms with E-state index in [1.54, 1.807) is 18.2 Å². The molecular weight excluding hydrogens is 477 g/mol. The van der Waals surface area contributed by atoms with Crippen LogP contribution in [0.4, 0.5) is 9.18 Å². The molecule has 0 saturated carbocycles. The monoisotopic (exact) mass is 505 g/mol. The number of halogens is 1. The molecule has 0 aromatic heterocycles. The van der Waals surface area contributed by atoms with Crippen LogP contribution >= 0.6 is 11.8 Å². The van der Waals surface area contributed by atoms with E-state index < -0.39 is 0 Å². The number of carbonyl (C=O) groups excluding carboxylic acids is 2. The second-order valence-electron chi connectivity index (χ2n) is 9.44. The minimum absolute atomic E-state index is 0.0950. The first-order valence-electron chi connectivity index (χ1n) is 11.6. The minimum atomic E-state index is -0.369. The van der Waals surface area contributed by atoms with Crippen molar-refractivity contribution >= 4 is 29.0 Å². The minimum Gasteiger partial charge on any atom is -0.490 e. The van der Waals surface area contributed by atoms with Gasteiger partial charge in [-0.05, 0) is 76.3 Å². The zero-order chi connectivity index (χ0) is 25.7. The summed E-state index contributed by atoms with van der Waals surface area (Å²) >= 11 is 0.890. The van der Waals surface area contributed by atoms with Gasteiger partial charge in [-0.2, -0.15) is 0 Å². The lowest BCUT2D eigenvalue weighted by Gasteiger charge is -2.19. The second-order valence-corrected chi connectivity index (χ2v) is 10.4. The molecule has 1 aliphatic rings. The Kier molecular flexibility index (Phi) is 7.79. The first-order chi connectivity index (χ1) is 17.2. The normalized spacial score (nSPS) is 15.0. The molecule has 36 heavy (non-hydrogen) atoms. The SMILES string of the molecule is CC(C)(C)c1ccc(OCCOc2cccc(/C=C3\SC(=O)N(Cc4ccc(F)cc4)C3=O)c2)cc1. The largest absolute Gasteiger partial charge is 0.490 e. The molecule has 0 spiro atoms. The summed E-state index contributed by atoms with van der Waals surface area (Å²) in [5.41, 5.74) is 2.77. The molecule has 2 amide bonds. The molecule has 1 saturated heterocycles. The van der Waals surface area contributed by atoms with Gasteiger partial charge in [0.15, 0.2) is 0 Å². The second kappa shape index (κ2) is 11.0. The molecule has 3 aromatic carbocycles. The Hall–Kier alpha value is -3.58. The molecular formula is C29H28FNO4S. The molecule has 0 bridgehead atoms. The van der Waals surface area contributed by atoms with Crippen LogP contribution in [0.3, 0.4) is 0 Å². The first kappa shape index (κ1) is 25.5. The van der Waals surface area contributed by atoms with Gasteiger partial charge in [-0.15, -0.1) is 0 Å². The van der Waals surface area contributed by atoms with E-state index in [1.165, 1.54) is 17.7 Å². The number of nitrogens with zero attached hydrogens (tertiary/aromatic N) is 1. The molecule has 1 heterocycles. The van der Waals surface area contributed by atoms with Gasteiger partial charge in [0.2, 0.25) is 0 Å². The lowest BCUT2D eigenvalue weighted by Crippen LogP contribution is -2.27. The molecule has 0 aliphatic carbocycles. The quantitative estimate of drug-likeness (QED) is 0.248. The fourth-order valence-electron chi connectivity index (χ4n) is 3.62. The number of hydrogen-bond acceptors (Lipinski definition) is 5. The van der Waals surface area contributed by atoms with E-state index in [2.05, 4.69) is 32.9 Å². The number of carbonyl (C=O) groups is 2. The first-order valence-corrected chi connectivity index (χ1v) is 12.5. The molecule has 5 nitrogen and oxygen atoms in total. The van der Waals surface area contributed by atoms with Crippen LogP contribution in [0.1, 0.15) is 37.5 Å². The van der Waals surface area contributed by atoms with E-state index in [0.717, 1.165) is 28.0 Å². The summed E-state index contributed by atoms with van der Waals surface area (Å²) in [6.07, 6.45) is 1.68. The number of thioether (sulfide) groups is 1. The highest BCUT2D eigenvalue weighted by Crippen LogP contribution is 2.33. The predicted octanol–water partition coefficient (Wildman–Crippen LogP) is 6.82. The van der Waals surface area contributed by atoms with Crippen LogP contribution in [0.5, 0.6) is 11.5 Å². The molecule has 7 heteroatoms. The Morgan fingerprint density at radius 3 is 2.22 bits per heavy atom. The van der Waals surface area contributed by atoms with Gasteiger partial charge in [-0.25, -0.2) is 4.39 Å². The van der Waals surface area contributed by atoms with Gasteiger partial charge in [0, 0.05) is 0 Å². The van der Waals surface area contributed by atoms with Crippen molar-refractivity contribution in [3.8, 4) is 11.5 Å². The van der Waals surface area contributed by atoms with Crippen molar-refractivity contribution in [2.75, 3.05) is 13.2 Å². The topological polar surface area (TPSA) is 55.8 Å². The van der Waals surface area contributed by atoms with Gasteiger partial charge in [0.1, 0.15) is 30.5 Å². The van der Waals surface area contributed by atoms with E-state index in [9.17, 15) is 14.0 Å². The fourth-order valence-corrected chi connectivity index (χ4v) is 4.46. The van der Waals surface area contributed by atoms with E-state index in [1.807, 2.05) is 36.4 Å². The molecule has 1 aliphatic heterocycles. The Balaban J connectivity index is 1.32. The summed E-state index contributed by atoms with van der Waals surface area (Å²) in [4.78, 5) is 26.7. The third kappa shape index (κ3) is 6.55. The van der Waals surface area contributed by atoms with Crippen LogP contribution < -0.4 is 9.47 Å². The maximum atomic E-state index is 13.1. The van der Waals surface area contributed by atoms with Crippen LogP contribution in [0.2, 0.25) is 0 Å². The summed E-state index contributed by atoms with van der Waals surface area (Å²) in [5, 5.41) is -0.351. The third-order valence-corrected chi connectivity index (χ3v) is 6.53. The lowest BCUT2D eigenvalue weighted by atomic mass is 9.87. The number of benzene rings is 3. The molecule has 186 valence electrons. The van der Waals surface area contributed by atoms with Crippen molar-refractivity contribution in [2.45, 2.75) is 32.7 Å². The highest BCUT2D eigenvalue weighted by molar-refractivity contribution is 8.18. The van der Waals surface area contributed by atoms with Crippen molar-refractivity contribution in [1.82, 2.24) is 4.90 Å². The number of imide groups is 1. The summed E-state index contributed by atoms with van der Waals surface area (Å²) in [6, 6.07) is 21.1. The highest BCUT2D eigenvalue weighted by atomic mass is 32.2. The van der Waals surface area contributed by atoms with Crippen molar-refractivity contribution in [1.29, 1.82) is 0 Å². The van der Waals surface area contributed by atoms with Crippen LogP contribution in [-0.2, 0) is 16.8 Å². The van der Waals surface area contributed by atoms with Crippen molar-refractivity contribution in [3.05, 3.63) is 100 Å². The van der Waals surface area contributed by atoms with Gasteiger partial charge in [0.05, 0.1) is 11.4 Å². The van der Waals surface area contributed by atoms with Gasteiger partial charge in [-0.1, -0.05) is 57.2 Å². The molecule has 1 fully saturated rings.